The number of halogens is 2. The second-order valence-corrected chi connectivity index (χ2v) is 5.28. The number of benzene rings is 2. The lowest BCUT2D eigenvalue weighted by atomic mass is 10.2. The predicted molar refractivity (Wildman–Crippen MR) is 84.1 cm³/mol. The van der Waals surface area contributed by atoms with Crippen molar-refractivity contribution in [2.75, 3.05) is 6.79 Å². The van der Waals surface area contributed by atoms with Crippen molar-refractivity contribution in [3.05, 3.63) is 57.6 Å². The van der Waals surface area contributed by atoms with Gasteiger partial charge in [-0.1, -0.05) is 29.3 Å². The van der Waals surface area contributed by atoms with Gasteiger partial charge in [0.1, 0.15) is 0 Å². The van der Waals surface area contributed by atoms with Crippen LogP contribution in [0.5, 0.6) is 11.5 Å². The first kappa shape index (κ1) is 14.7. The van der Waals surface area contributed by atoms with E-state index >= 15 is 0 Å². The van der Waals surface area contributed by atoms with Crippen molar-refractivity contribution in [1.29, 1.82) is 0 Å². The maximum absolute atomic E-state index is 12.0. The van der Waals surface area contributed by atoms with Crippen molar-refractivity contribution in [2.24, 2.45) is 5.10 Å². The summed E-state index contributed by atoms with van der Waals surface area (Å²) in [5, 5.41) is 4.86. The summed E-state index contributed by atoms with van der Waals surface area (Å²) in [6, 6.07) is 9.91. The van der Waals surface area contributed by atoms with Gasteiger partial charge >= 0.3 is 0 Å². The molecular weight excluding hydrogens is 327 g/mol. The van der Waals surface area contributed by atoms with Crippen LogP contribution < -0.4 is 14.9 Å². The minimum atomic E-state index is -0.361. The largest absolute Gasteiger partial charge is 0.454 e. The Bertz CT molecular complexity index is 762. The van der Waals surface area contributed by atoms with Gasteiger partial charge in [0.25, 0.3) is 5.91 Å². The van der Waals surface area contributed by atoms with Gasteiger partial charge in [0.15, 0.2) is 11.5 Å². The standard InChI is InChI=1S/C15H10Cl2N2O3/c16-11-3-1-10(12(17)6-11)7-18-19-15(20)9-2-4-13-14(5-9)22-8-21-13/h1-7H,8H2,(H,19,20)/b18-7+. The fourth-order valence-electron chi connectivity index (χ4n) is 1.87. The van der Waals surface area contributed by atoms with Crippen molar-refractivity contribution in [2.45, 2.75) is 0 Å². The molecule has 3 rings (SSSR count). The van der Waals surface area contributed by atoms with Gasteiger partial charge in [0, 0.05) is 16.1 Å². The summed E-state index contributed by atoms with van der Waals surface area (Å²) in [6.45, 7) is 0.160. The molecule has 1 N–H and O–H groups in total. The van der Waals surface area contributed by atoms with E-state index in [0.29, 0.717) is 32.7 Å². The minimum Gasteiger partial charge on any atom is -0.454 e. The molecule has 0 radical (unpaired) electrons. The number of rotatable bonds is 3. The molecule has 2 aromatic carbocycles. The topological polar surface area (TPSA) is 59.9 Å². The van der Waals surface area contributed by atoms with E-state index in [4.69, 9.17) is 32.7 Å². The number of hydrogen-bond acceptors (Lipinski definition) is 4. The molecule has 1 aliphatic heterocycles. The first-order valence-electron chi connectivity index (χ1n) is 6.31. The molecule has 2 aromatic rings. The SMILES string of the molecule is O=C(N/N=C/c1ccc(Cl)cc1Cl)c1ccc2c(c1)OCO2. The molecule has 0 fully saturated rings. The highest BCUT2D eigenvalue weighted by Crippen LogP contribution is 2.32. The van der Waals surface area contributed by atoms with Crippen LogP contribution in [0.3, 0.4) is 0 Å². The van der Waals surface area contributed by atoms with Gasteiger partial charge in [0.05, 0.1) is 11.2 Å². The van der Waals surface area contributed by atoms with Gasteiger partial charge in [-0.15, -0.1) is 0 Å². The molecule has 1 amide bonds. The third kappa shape index (κ3) is 3.16. The van der Waals surface area contributed by atoms with Crippen LogP contribution in [0.2, 0.25) is 10.0 Å². The lowest BCUT2D eigenvalue weighted by Gasteiger charge is -2.02. The maximum atomic E-state index is 12.0. The van der Waals surface area contributed by atoms with Crippen LogP contribution in [0.15, 0.2) is 41.5 Å². The summed E-state index contributed by atoms with van der Waals surface area (Å²) in [5.41, 5.74) is 3.49. The first-order chi connectivity index (χ1) is 10.6. The second kappa shape index (κ2) is 6.25. The minimum absolute atomic E-state index is 0.160. The zero-order valence-electron chi connectivity index (χ0n) is 11.2. The summed E-state index contributed by atoms with van der Waals surface area (Å²) in [5.74, 6) is 0.796. The molecule has 22 heavy (non-hydrogen) atoms. The molecule has 0 aliphatic carbocycles. The van der Waals surface area contributed by atoms with Crippen LogP contribution >= 0.6 is 23.2 Å². The van der Waals surface area contributed by atoms with Gasteiger partial charge in [-0.05, 0) is 30.3 Å². The molecule has 0 saturated heterocycles. The number of amides is 1. The second-order valence-electron chi connectivity index (χ2n) is 4.43. The molecular formula is C15H10Cl2N2O3. The molecule has 1 heterocycles. The Morgan fingerprint density at radius 2 is 1.95 bits per heavy atom. The number of nitrogens with zero attached hydrogens (tertiary/aromatic N) is 1. The summed E-state index contributed by atoms with van der Waals surface area (Å²) in [4.78, 5) is 12.0. The van der Waals surface area contributed by atoms with Crippen LogP contribution in [0, 0.1) is 0 Å². The zero-order chi connectivity index (χ0) is 15.5. The average Bonchev–Trinajstić information content (AvgIpc) is 2.96. The number of carbonyl (C=O) groups excluding carboxylic acids is 1. The monoisotopic (exact) mass is 336 g/mol. The lowest BCUT2D eigenvalue weighted by Crippen LogP contribution is -2.17. The van der Waals surface area contributed by atoms with Gasteiger partial charge in [-0.25, -0.2) is 5.43 Å². The molecule has 0 bridgehead atoms. The fourth-order valence-corrected chi connectivity index (χ4v) is 2.33. The Kier molecular flexibility index (Phi) is 4.18. The van der Waals surface area contributed by atoms with E-state index in [1.54, 1.807) is 36.4 Å². The van der Waals surface area contributed by atoms with E-state index < -0.39 is 0 Å². The Morgan fingerprint density at radius 1 is 1.14 bits per heavy atom. The van der Waals surface area contributed by atoms with E-state index in [0.717, 1.165) is 0 Å². The molecule has 0 atom stereocenters. The Hall–Kier alpha value is -2.24. The lowest BCUT2D eigenvalue weighted by molar-refractivity contribution is 0.0954. The summed E-state index contributed by atoms with van der Waals surface area (Å²) < 4.78 is 10.4. The van der Waals surface area contributed by atoms with Crippen LogP contribution in [0.25, 0.3) is 0 Å². The average molecular weight is 337 g/mol. The fraction of sp³-hybridized carbons (Fsp3) is 0.0667. The number of hydrogen-bond donors (Lipinski definition) is 1. The van der Waals surface area contributed by atoms with Crippen molar-refractivity contribution >= 4 is 35.3 Å². The third-order valence-corrected chi connectivity index (χ3v) is 3.53. The van der Waals surface area contributed by atoms with Crippen LogP contribution in [-0.4, -0.2) is 18.9 Å². The van der Waals surface area contributed by atoms with Gasteiger partial charge in [0.2, 0.25) is 6.79 Å². The van der Waals surface area contributed by atoms with E-state index in [-0.39, 0.29) is 12.7 Å². The normalized spacial score (nSPS) is 12.6. The van der Waals surface area contributed by atoms with Crippen molar-refractivity contribution in [3.63, 3.8) is 0 Å². The highest BCUT2D eigenvalue weighted by molar-refractivity contribution is 6.36. The molecule has 0 aromatic heterocycles. The molecule has 7 heteroatoms. The Labute approximate surface area is 136 Å². The first-order valence-corrected chi connectivity index (χ1v) is 7.07. The van der Waals surface area contributed by atoms with Crippen molar-refractivity contribution in [3.8, 4) is 11.5 Å². The van der Waals surface area contributed by atoms with Crippen LogP contribution in [0.4, 0.5) is 0 Å². The molecule has 0 saturated carbocycles. The zero-order valence-corrected chi connectivity index (χ0v) is 12.7. The summed E-state index contributed by atoms with van der Waals surface area (Å²) in [6.07, 6.45) is 1.45. The quantitative estimate of drug-likeness (QED) is 0.689. The number of hydrazone groups is 1. The predicted octanol–water partition coefficient (Wildman–Crippen LogP) is 3.49. The molecule has 0 unspecified atom stereocenters. The number of carbonyl (C=O) groups is 1. The maximum Gasteiger partial charge on any atom is 0.271 e. The molecule has 0 spiro atoms. The van der Waals surface area contributed by atoms with E-state index in [1.165, 1.54) is 6.21 Å². The summed E-state index contributed by atoms with van der Waals surface area (Å²) >= 11 is 11.8. The van der Waals surface area contributed by atoms with Gasteiger partial charge in [-0.3, -0.25) is 4.79 Å². The highest BCUT2D eigenvalue weighted by Gasteiger charge is 2.15. The van der Waals surface area contributed by atoms with E-state index in [9.17, 15) is 4.79 Å². The Balaban J connectivity index is 1.68. The number of ether oxygens (including phenoxy) is 2. The van der Waals surface area contributed by atoms with Crippen LogP contribution in [-0.2, 0) is 0 Å². The molecule has 1 aliphatic rings. The molecule has 112 valence electrons. The van der Waals surface area contributed by atoms with Crippen molar-refractivity contribution in [1.82, 2.24) is 5.43 Å². The molecule has 5 nitrogen and oxygen atoms in total. The number of nitrogens with one attached hydrogen (secondary N) is 1. The van der Waals surface area contributed by atoms with Crippen LogP contribution in [0.1, 0.15) is 15.9 Å². The van der Waals surface area contributed by atoms with Gasteiger partial charge < -0.3 is 9.47 Å². The van der Waals surface area contributed by atoms with E-state index in [2.05, 4.69) is 10.5 Å². The van der Waals surface area contributed by atoms with E-state index in [1.807, 2.05) is 0 Å². The Morgan fingerprint density at radius 3 is 2.77 bits per heavy atom. The van der Waals surface area contributed by atoms with Crippen molar-refractivity contribution < 1.29 is 14.3 Å². The smallest absolute Gasteiger partial charge is 0.271 e. The summed E-state index contributed by atoms with van der Waals surface area (Å²) in [7, 11) is 0. The number of fused-ring (bicyclic) bond motifs is 1. The third-order valence-electron chi connectivity index (χ3n) is 2.97. The highest BCUT2D eigenvalue weighted by atomic mass is 35.5. The van der Waals surface area contributed by atoms with Gasteiger partial charge in [-0.2, -0.15) is 5.10 Å².